The first-order valence-corrected chi connectivity index (χ1v) is 6.14. The van der Waals surface area contributed by atoms with Gasteiger partial charge in [-0.2, -0.15) is 0 Å². The lowest BCUT2D eigenvalue weighted by molar-refractivity contribution is 0.0761. The molecule has 1 aliphatic rings. The number of aryl methyl sites for hydroxylation is 1. The van der Waals surface area contributed by atoms with Gasteiger partial charge in [-0.3, -0.25) is 9.59 Å². The summed E-state index contributed by atoms with van der Waals surface area (Å²) < 4.78 is 1.47. The molecule has 0 aromatic carbocycles. The summed E-state index contributed by atoms with van der Waals surface area (Å²) in [5.74, 6) is -0.00963. The van der Waals surface area contributed by atoms with E-state index < -0.39 is 0 Å². The van der Waals surface area contributed by atoms with Crippen molar-refractivity contribution in [2.75, 3.05) is 13.1 Å². The zero-order valence-electron chi connectivity index (χ0n) is 10.2. The molecule has 1 aromatic heterocycles. The molecule has 4 heteroatoms. The Morgan fingerprint density at radius 3 is 2.41 bits per heavy atom. The number of nitrogens with zero attached hydrogens (tertiary/aromatic N) is 2. The molecule has 0 radical (unpaired) electrons. The van der Waals surface area contributed by atoms with Crippen LogP contribution < -0.4 is 5.56 Å². The molecular weight excluding hydrogens is 216 g/mol. The molecule has 1 amide bonds. The average molecular weight is 234 g/mol. The quantitative estimate of drug-likeness (QED) is 0.737. The highest BCUT2D eigenvalue weighted by molar-refractivity contribution is 5.94. The number of amides is 1. The first kappa shape index (κ1) is 11.9. The maximum absolute atomic E-state index is 12.2. The summed E-state index contributed by atoms with van der Waals surface area (Å²) in [4.78, 5) is 25.5. The fourth-order valence-corrected chi connectivity index (χ4v) is 2.14. The Kier molecular flexibility index (Phi) is 3.61. The van der Waals surface area contributed by atoms with Crippen LogP contribution in [0, 0.1) is 0 Å². The van der Waals surface area contributed by atoms with Gasteiger partial charge < -0.3 is 9.47 Å². The highest BCUT2D eigenvalue weighted by Gasteiger charge is 2.17. The van der Waals surface area contributed by atoms with Crippen molar-refractivity contribution in [2.45, 2.75) is 25.7 Å². The zero-order valence-corrected chi connectivity index (χ0v) is 10.2. The standard InChI is InChI=1S/C13H18N2O2/c1-14-9-6-11(10-12(14)16)13(17)15-7-4-2-3-5-8-15/h6,9-10H,2-5,7-8H2,1H3. The van der Waals surface area contributed by atoms with Crippen LogP contribution in [-0.4, -0.2) is 28.5 Å². The molecule has 0 atom stereocenters. The summed E-state index contributed by atoms with van der Waals surface area (Å²) in [6.07, 6.45) is 6.17. The lowest BCUT2D eigenvalue weighted by Crippen LogP contribution is -2.32. The summed E-state index contributed by atoms with van der Waals surface area (Å²) in [5, 5.41) is 0. The normalized spacial score (nSPS) is 16.6. The largest absolute Gasteiger partial charge is 0.339 e. The van der Waals surface area contributed by atoms with E-state index in [1.54, 1.807) is 19.3 Å². The topological polar surface area (TPSA) is 42.3 Å². The molecule has 0 unspecified atom stereocenters. The monoisotopic (exact) mass is 234 g/mol. The number of pyridine rings is 1. The van der Waals surface area contributed by atoms with Crippen LogP contribution in [-0.2, 0) is 7.05 Å². The molecule has 4 nitrogen and oxygen atoms in total. The van der Waals surface area contributed by atoms with Gasteiger partial charge in [-0.15, -0.1) is 0 Å². The van der Waals surface area contributed by atoms with E-state index in [9.17, 15) is 9.59 Å². The summed E-state index contributed by atoms with van der Waals surface area (Å²) in [7, 11) is 1.68. The third-order valence-electron chi connectivity index (χ3n) is 3.24. The van der Waals surface area contributed by atoms with Gasteiger partial charge in [0, 0.05) is 38.0 Å². The SMILES string of the molecule is Cn1ccc(C(=O)N2CCCCCC2)cc1=O. The van der Waals surface area contributed by atoms with E-state index in [1.165, 1.54) is 23.5 Å². The number of carbonyl (C=O) groups excluding carboxylic acids is 1. The van der Waals surface area contributed by atoms with Crippen LogP contribution in [0.15, 0.2) is 23.1 Å². The van der Waals surface area contributed by atoms with Crippen molar-refractivity contribution < 1.29 is 4.79 Å². The summed E-state index contributed by atoms with van der Waals surface area (Å²) in [6, 6.07) is 3.14. The molecular formula is C13H18N2O2. The van der Waals surface area contributed by atoms with Gasteiger partial charge >= 0.3 is 0 Å². The van der Waals surface area contributed by atoms with Gasteiger partial charge in [-0.05, 0) is 18.9 Å². The Bertz CT molecular complexity index is 457. The van der Waals surface area contributed by atoms with Crippen LogP contribution in [0.4, 0.5) is 0 Å². The Labute approximate surface area is 101 Å². The third kappa shape index (κ3) is 2.75. The summed E-state index contributed by atoms with van der Waals surface area (Å²) in [6.45, 7) is 1.63. The third-order valence-corrected chi connectivity index (χ3v) is 3.24. The second kappa shape index (κ2) is 5.17. The molecule has 0 N–H and O–H groups in total. The first-order chi connectivity index (χ1) is 8.18. The summed E-state index contributed by atoms with van der Waals surface area (Å²) >= 11 is 0. The lowest BCUT2D eigenvalue weighted by Gasteiger charge is -2.20. The van der Waals surface area contributed by atoms with Crippen molar-refractivity contribution in [3.05, 3.63) is 34.2 Å². The number of hydrogen-bond donors (Lipinski definition) is 0. The molecule has 0 saturated carbocycles. The maximum atomic E-state index is 12.2. The Morgan fingerprint density at radius 2 is 1.82 bits per heavy atom. The second-order valence-electron chi connectivity index (χ2n) is 4.57. The van der Waals surface area contributed by atoms with Gasteiger partial charge in [0.1, 0.15) is 0 Å². The maximum Gasteiger partial charge on any atom is 0.254 e. The second-order valence-corrected chi connectivity index (χ2v) is 4.57. The molecule has 1 saturated heterocycles. The van der Waals surface area contributed by atoms with Crippen LogP contribution >= 0.6 is 0 Å². The number of rotatable bonds is 1. The Morgan fingerprint density at radius 1 is 1.18 bits per heavy atom. The molecule has 17 heavy (non-hydrogen) atoms. The number of aromatic nitrogens is 1. The highest BCUT2D eigenvalue weighted by atomic mass is 16.2. The molecule has 1 fully saturated rings. The number of carbonyl (C=O) groups is 1. The fourth-order valence-electron chi connectivity index (χ4n) is 2.14. The van der Waals surface area contributed by atoms with E-state index in [4.69, 9.17) is 0 Å². The van der Waals surface area contributed by atoms with Crippen molar-refractivity contribution in [1.82, 2.24) is 9.47 Å². The first-order valence-electron chi connectivity index (χ1n) is 6.14. The minimum Gasteiger partial charge on any atom is -0.339 e. The van der Waals surface area contributed by atoms with Crippen LogP contribution in [0.1, 0.15) is 36.0 Å². The molecule has 0 spiro atoms. The van der Waals surface area contributed by atoms with Crippen LogP contribution in [0.5, 0.6) is 0 Å². The highest BCUT2D eigenvalue weighted by Crippen LogP contribution is 2.12. The van der Waals surface area contributed by atoms with Crippen molar-refractivity contribution in [2.24, 2.45) is 7.05 Å². The predicted octanol–water partition coefficient (Wildman–Crippen LogP) is 1.40. The van der Waals surface area contributed by atoms with Gasteiger partial charge in [-0.25, -0.2) is 0 Å². The van der Waals surface area contributed by atoms with E-state index in [1.807, 2.05) is 4.90 Å². The van der Waals surface area contributed by atoms with Gasteiger partial charge in [-0.1, -0.05) is 12.8 Å². The summed E-state index contributed by atoms with van der Waals surface area (Å²) in [5.41, 5.74) is 0.376. The predicted molar refractivity (Wildman–Crippen MR) is 66.1 cm³/mol. The minimum absolute atomic E-state index is 0.00963. The van der Waals surface area contributed by atoms with E-state index in [0.29, 0.717) is 5.56 Å². The van der Waals surface area contributed by atoms with Gasteiger partial charge in [0.15, 0.2) is 0 Å². The Balaban J connectivity index is 2.17. The van der Waals surface area contributed by atoms with Crippen LogP contribution in [0.3, 0.4) is 0 Å². The van der Waals surface area contributed by atoms with Gasteiger partial charge in [0.25, 0.3) is 11.5 Å². The zero-order chi connectivity index (χ0) is 12.3. The van der Waals surface area contributed by atoms with Crippen LogP contribution in [0.2, 0.25) is 0 Å². The average Bonchev–Trinajstić information content (AvgIpc) is 2.60. The van der Waals surface area contributed by atoms with Crippen molar-refractivity contribution in [3.63, 3.8) is 0 Å². The molecule has 1 aliphatic heterocycles. The number of likely N-dealkylation sites (tertiary alicyclic amines) is 1. The smallest absolute Gasteiger partial charge is 0.254 e. The fraction of sp³-hybridized carbons (Fsp3) is 0.538. The van der Waals surface area contributed by atoms with Crippen molar-refractivity contribution in [1.29, 1.82) is 0 Å². The van der Waals surface area contributed by atoms with Crippen molar-refractivity contribution in [3.8, 4) is 0 Å². The van der Waals surface area contributed by atoms with Crippen LogP contribution in [0.25, 0.3) is 0 Å². The number of hydrogen-bond acceptors (Lipinski definition) is 2. The molecule has 92 valence electrons. The van der Waals surface area contributed by atoms with Gasteiger partial charge in [0.2, 0.25) is 0 Å². The molecule has 1 aromatic rings. The van der Waals surface area contributed by atoms with E-state index in [2.05, 4.69) is 0 Å². The Hall–Kier alpha value is -1.58. The lowest BCUT2D eigenvalue weighted by atomic mass is 10.2. The molecule has 2 rings (SSSR count). The molecule has 0 bridgehead atoms. The van der Waals surface area contributed by atoms with E-state index in [0.717, 1.165) is 25.9 Å². The van der Waals surface area contributed by atoms with Gasteiger partial charge in [0.05, 0.1) is 0 Å². The molecule has 0 aliphatic carbocycles. The van der Waals surface area contributed by atoms with Crippen molar-refractivity contribution >= 4 is 5.91 Å². The minimum atomic E-state index is -0.134. The van der Waals surface area contributed by atoms with E-state index >= 15 is 0 Å². The van der Waals surface area contributed by atoms with E-state index in [-0.39, 0.29) is 11.5 Å². The molecule has 2 heterocycles.